The lowest BCUT2D eigenvalue weighted by Crippen LogP contribution is -2.49. The van der Waals surface area contributed by atoms with Gasteiger partial charge in [-0.25, -0.2) is 4.72 Å². The van der Waals surface area contributed by atoms with Crippen LogP contribution in [-0.2, 0) is 15.0 Å². The van der Waals surface area contributed by atoms with Crippen molar-refractivity contribution < 1.29 is 13.2 Å². The van der Waals surface area contributed by atoms with Crippen molar-refractivity contribution in [1.29, 1.82) is 0 Å². The molecule has 1 aliphatic rings. The van der Waals surface area contributed by atoms with Crippen molar-refractivity contribution in [2.24, 2.45) is 11.8 Å². The lowest BCUT2D eigenvalue weighted by molar-refractivity contribution is -0.125. The van der Waals surface area contributed by atoms with Crippen molar-refractivity contribution in [3.63, 3.8) is 0 Å². The van der Waals surface area contributed by atoms with E-state index < -0.39 is 10.2 Å². The van der Waals surface area contributed by atoms with Crippen LogP contribution in [0.15, 0.2) is 0 Å². The lowest BCUT2D eigenvalue weighted by Gasteiger charge is -2.30. The van der Waals surface area contributed by atoms with Crippen LogP contribution in [0.5, 0.6) is 0 Å². The second kappa shape index (κ2) is 5.93. The van der Waals surface area contributed by atoms with Crippen LogP contribution in [-0.4, -0.2) is 38.1 Å². The van der Waals surface area contributed by atoms with E-state index in [0.29, 0.717) is 32.5 Å². The molecule has 0 aliphatic carbocycles. The Morgan fingerprint density at radius 3 is 2.65 bits per heavy atom. The molecule has 0 aromatic rings. The number of nitrogens with zero attached hydrogens (tertiary/aromatic N) is 1. The minimum atomic E-state index is -3.41. The molecule has 0 aromatic heterocycles. The maximum Gasteiger partial charge on any atom is 0.279 e. The van der Waals surface area contributed by atoms with Gasteiger partial charge in [-0.15, -0.1) is 0 Å². The summed E-state index contributed by atoms with van der Waals surface area (Å²) in [6.07, 6.45) is 1.04. The third-order valence-electron chi connectivity index (χ3n) is 2.99. The number of hydrogen-bond acceptors (Lipinski definition) is 3. The Balaban J connectivity index is 2.63. The average Bonchev–Trinajstić information content (AvgIpc) is 2.27. The Hall–Kier alpha value is -0.460. The molecule has 1 atom stereocenters. The van der Waals surface area contributed by atoms with Gasteiger partial charge >= 0.3 is 0 Å². The molecule has 0 amide bonds. The Bertz CT molecular complexity index is 365. The molecule has 1 saturated heterocycles. The molecule has 0 aromatic carbocycles. The zero-order valence-electron chi connectivity index (χ0n) is 10.8. The first-order valence-electron chi connectivity index (χ1n) is 6.14. The summed E-state index contributed by atoms with van der Waals surface area (Å²) < 4.78 is 27.9. The van der Waals surface area contributed by atoms with E-state index in [1.807, 2.05) is 20.8 Å². The first kappa shape index (κ1) is 14.6. The van der Waals surface area contributed by atoms with Crippen LogP contribution in [0.2, 0.25) is 0 Å². The fourth-order valence-electron chi connectivity index (χ4n) is 1.82. The fourth-order valence-corrected chi connectivity index (χ4v) is 3.25. The Kier molecular flexibility index (Phi) is 5.09. The highest BCUT2D eigenvalue weighted by atomic mass is 32.2. The van der Waals surface area contributed by atoms with Crippen LogP contribution in [0.4, 0.5) is 0 Å². The predicted octanol–water partition coefficient (Wildman–Crippen LogP) is 0.778. The lowest BCUT2D eigenvalue weighted by atomic mass is 9.96. The number of carbonyl (C=O) groups is 1. The molecule has 1 rings (SSSR count). The van der Waals surface area contributed by atoms with Crippen LogP contribution in [0.25, 0.3) is 0 Å². The fraction of sp³-hybridized carbons (Fsp3) is 0.909. The predicted molar refractivity (Wildman–Crippen MR) is 66.7 cm³/mol. The van der Waals surface area contributed by atoms with E-state index >= 15 is 0 Å². The highest BCUT2D eigenvalue weighted by Crippen LogP contribution is 2.18. The first-order valence-corrected chi connectivity index (χ1v) is 7.58. The number of nitrogens with one attached hydrogen (secondary N) is 1. The van der Waals surface area contributed by atoms with Gasteiger partial charge in [0, 0.05) is 32.0 Å². The number of Topliss-reactive ketones (excluding diaryl/α,β-unsaturated/α-hetero) is 1. The van der Waals surface area contributed by atoms with Gasteiger partial charge in [0.25, 0.3) is 10.2 Å². The van der Waals surface area contributed by atoms with Crippen LogP contribution < -0.4 is 4.72 Å². The molecule has 1 N–H and O–H groups in total. The van der Waals surface area contributed by atoms with Gasteiger partial charge in [0.2, 0.25) is 0 Å². The van der Waals surface area contributed by atoms with Crippen molar-refractivity contribution in [3.8, 4) is 0 Å². The summed E-state index contributed by atoms with van der Waals surface area (Å²) in [5.41, 5.74) is 0. The molecule has 0 spiro atoms. The standard InChI is InChI=1S/C11H22N2O3S/c1-4-10-8-13(6-5-11(10)14)17(15,16)12-7-9(2)3/h9-10,12H,4-8H2,1-3H3. The Morgan fingerprint density at radius 1 is 1.47 bits per heavy atom. The average molecular weight is 262 g/mol. The van der Waals surface area contributed by atoms with E-state index in [1.165, 1.54) is 4.31 Å². The van der Waals surface area contributed by atoms with Crippen molar-refractivity contribution in [2.75, 3.05) is 19.6 Å². The molecule has 1 aliphatic heterocycles. The molecular formula is C11H22N2O3S. The molecular weight excluding hydrogens is 240 g/mol. The SMILES string of the molecule is CCC1CN(S(=O)(=O)NCC(C)C)CCC1=O. The third kappa shape index (κ3) is 4.04. The minimum absolute atomic E-state index is 0.139. The van der Waals surface area contributed by atoms with E-state index in [0.717, 1.165) is 0 Å². The normalized spacial score (nSPS) is 23.3. The van der Waals surface area contributed by atoms with E-state index in [9.17, 15) is 13.2 Å². The van der Waals surface area contributed by atoms with E-state index in [4.69, 9.17) is 0 Å². The number of piperidine rings is 1. The summed E-state index contributed by atoms with van der Waals surface area (Å²) in [5, 5.41) is 0. The quantitative estimate of drug-likeness (QED) is 0.796. The van der Waals surface area contributed by atoms with Gasteiger partial charge < -0.3 is 0 Å². The summed E-state index contributed by atoms with van der Waals surface area (Å²) >= 11 is 0. The van der Waals surface area contributed by atoms with Crippen molar-refractivity contribution >= 4 is 16.0 Å². The molecule has 1 fully saturated rings. The largest absolute Gasteiger partial charge is 0.299 e. The zero-order chi connectivity index (χ0) is 13.1. The van der Waals surface area contributed by atoms with Crippen molar-refractivity contribution in [1.82, 2.24) is 9.03 Å². The van der Waals surface area contributed by atoms with E-state index in [1.54, 1.807) is 0 Å². The van der Waals surface area contributed by atoms with Gasteiger partial charge in [-0.05, 0) is 12.3 Å². The topological polar surface area (TPSA) is 66.5 Å². The highest BCUT2D eigenvalue weighted by molar-refractivity contribution is 7.87. The van der Waals surface area contributed by atoms with Crippen molar-refractivity contribution in [2.45, 2.75) is 33.6 Å². The number of rotatable bonds is 5. The second-order valence-corrected chi connectivity index (χ2v) is 6.68. The summed E-state index contributed by atoms with van der Waals surface area (Å²) in [7, 11) is -3.41. The Morgan fingerprint density at radius 2 is 2.12 bits per heavy atom. The minimum Gasteiger partial charge on any atom is -0.299 e. The van der Waals surface area contributed by atoms with Gasteiger partial charge in [0.05, 0.1) is 0 Å². The molecule has 1 heterocycles. The maximum absolute atomic E-state index is 12.0. The molecule has 0 bridgehead atoms. The molecule has 6 heteroatoms. The van der Waals surface area contributed by atoms with Crippen LogP contribution in [0.3, 0.4) is 0 Å². The van der Waals surface area contributed by atoms with E-state index in [2.05, 4.69) is 4.72 Å². The molecule has 1 unspecified atom stereocenters. The molecule has 17 heavy (non-hydrogen) atoms. The smallest absolute Gasteiger partial charge is 0.279 e. The number of ketones is 1. The summed E-state index contributed by atoms with van der Waals surface area (Å²) in [5.74, 6) is 0.320. The third-order valence-corrected chi connectivity index (χ3v) is 4.54. The van der Waals surface area contributed by atoms with Gasteiger partial charge in [0.1, 0.15) is 5.78 Å². The zero-order valence-corrected chi connectivity index (χ0v) is 11.6. The second-order valence-electron chi connectivity index (χ2n) is 4.93. The number of carbonyl (C=O) groups excluding carboxylic acids is 1. The van der Waals surface area contributed by atoms with Crippen molar-refractivity contribution in [3.05, 3.63) is 0 Å². The van der Waals surface area contributed by atoms with Crippen LogP contribution in [0, 0.1) is 11.8 Å². The molecule has 0 saturated carbocycles. The van der Waals surface area contributed by atoms with Crippen LogP contribution >= 0.6 is 0 Å². The highest BCUT2D eigenvalue weighted by Gasteiger charge is 2.32. The van der Waals surface area contributed by atoms with Gasteiger partial charge in [0.15, 0.2) is 0 Å². The summed E-state index contributed by atoms with van der Waals surface area (Å²) in [6.45, 7) is 6.89. The molecule has 0 radical (unpaired) electrons. The van der Waals surface area contributed by atoms with Gasteiger partial charge in [-0.1, -0.05) is 20.8 Å². The first-order chi connectivity index (χ1) is 7.86. The summed E-state index contributed by atoms with van der Waals surface area (Å²) in [6, 6.07) is 0. The summed E-state index contributed by atoms with van der Waals surface area (Å²) in [4.78, 5) is 11.5. The van der Waals surface area contributed by atoms with E-state index in [-0.39, 0.29) is 17.6 Å². The Labute approximate surface area is 104 Å². The maximum atomic E-state index is 12.0. The molecule has 100 valence electrons. The monoisotopic (exact) mass is 262 g/mol. The van der Waals surface area contributed by atoms with Gasteiger partial charge in [-0.2, -0.15) is 12.7 Å². The number of hydrogen-bond donors (Lipinski definition) is 1. The molecule has 5 nitrogen and oxygen atoms in total. The van der Waals surface area contributed by atoms with Crippen LogP contribution in [0.1, 0.15) is 33.6 Å². The van der Waals surface area contributed by atoms with Gasteiger partial charge in [-0.3, -0.25) is 4.79 Å².